The minimum absolute atomic E-state index is 0. The van der Waals surface area contributed by atoms with Crippen molar-refractivity contribution in [3.63, 3.8) is 0 Å². The molecule has 13 heteroatoms. The highest BCUT2D eigenvalue weighted by Gasteiger charge is 2.25. The van der Waals surface area contributed by atoms with Crippen LogP contribution in [0.1, 0.15) is 19.8 Å². The third-order valence-electron chi connectivity index (χ3n) is 6.68. The summed E-state index contributed by atoms with van der Waals surface area (Å²) in [6.07, 6.45) is 5.38. The molecule has 212 valence electrons. The van der Waals surface area contributed by atoms with Crippen molar-refractivity contribution in [1.29, 1.82) is 0 Å². The predicted octanol–water partition coefficient (Wildman–Crippen LogP) is 4.91. The van der Waals surface area contributed by atoms with Gasteiger partial charge in [0.15, 0.2) is 4.96 Å². The molecule has 0 bridgehead atoms. The molecule has 41 heavy (non-hydrogen) atoms. The Bertz CT molecular complexity index is 1680. The monoisotopic (exact) mass is 609 g/mol. The lowest BCUT2D eigenvalue weighted by Gasteiger charge is -2.31. The average molecular weight is 610 g/mol. The largest absolute Gasteiger partial charge is 0.412 e. The fraction of sp³-hybridized carbons (Fsp3) is 0.214. The number of fused-ring (bicyclic) bond motifs is 1. The van der Waals surface area contributed by atoms with Gasteiger partial charge in [-0.1, -0.05) is 23.7 Å². The fourth-order valence-electron chi connectivity index (χ4n) is 4.76. The van der Waals surface area contributed by atoms with Crippen LogP contribution in [-0.2, 0) is 15.8 Å². The van der Waals surface area contributed by atoms with Crippen molar-refractivity contribution in [2.75, 3.05) is 23.7 Å². The lowest BCUT2D eigenvalue weighted by atomic mass is 10.1. The number of aromatic nitrogens is 4. The molecule has 1 atom stereocenters. The number of thiazole rings is 1. The standard InChI is InChI=1S/C28H26ClN7O2S2.H2O/c1-18(37)31-21-6-2-19(3-7-21)25-26(36-16-17-39-28(36)34-25)24-10-13-30-27(33-24)32-22-11-14-35(15-12-22)40(38)23-8-4-20(29)5-9-23;/h2-10,13,16-17,22H,11-12,14-15H2,1H3,(H,31,37)(H,30,32,33);1H2. The Morgan fingerprint density at radius 1 is 1.05 bits per heavy atom. The smallest absolute Gasteiger partial charge is 0.223 e. The van der Waals surface area contributed by atoms with Gasteiger partial charge >= 0.3 is 0 Å². The van der Waals surface area contributed by atoms with E-state index >= 15 is 0 Å². The molecule has 1 amide bonds. The van der Waals surface area contributed by atoms with E-state index in [9.17, 15) is 9.00 Å². The zero-order chi connectivity index (χ0) is 27.6. The number of piperidine rings is 1. The lowest BCUT2D eigenvalue weighted by Crippen LogP contribution is -2.40. The molecule has 1 aliphatic rings. The van der Waals surface area contributed by atoms with Crippen LogP contribution < -0.4 is 10.6 Å². The number of carbonyl (C=O) groups is 1. The third-order valence-corrected chi connectivity index (χ3v) is 9.19. The van der Waals surface area contributed by atoms with Crippen LogP contribution in [0.25, 0.3) is 27.6 Å². The Labute approximate surface area is 248 Å². The first-order chi connectivity index (χ1) is 19.4. The first-order valence-electron chi connectivity index (χ1n) is 12.8. The molecule has 5 aromatic rings. The maximum Gasteiger partial charge on any atom is 0.223 e. The number of carbonyl (C=O) groups excluding carboxylic acids is 1. The first-order valence-corrected chi connectivity index (χ1v) is 15.2. The van der Waals surface area contributed by atoms with Crippen LogP contribution in [-0.4, -0.2) is 58.4 Å². The minimum Gasteiger partial charge on any atom is -0.412 e. The van der Waals surface area contributed by atoms with E-state index in [1.165, 1.54) is 6.92 Å². The van der Waals surface area contributed by atoms with Gasteiger partial charge in [0, 0.05) is 60.1 Å². The van der Waals surface area contributed by atoms with Crippen LogP contribution in [0.2, 0.25) is 5.02 Å². The molecule has 1 saturated heterocycles. The molecule has 4 heterocycles. The Balaban J connectivity index is 0.00000337. The second-order valence-corrected chi connectivity index (χ2v) is 12.2. The first kappa shape index (κ1) is 28.8. The molecule has 1 fully saturated rings. The Morgan fingerprint density at radius 3 is 2.49 bits per heavy atom. The number of benzene rings is 2. The van der Waals surface area contributed by atoms with E-state index in [-0.39, 0.29) is 17.4 Å². The zero-order valence-corrected chi connectivity index (χ0v) is 24.5. The van der Waals surface area contributed by atoms with E-state index in [0.29, 0.717) is 24.1 Å². The molecule has 0 aliphatic carbocycles. The normalized spacial score (nSPS) is 14.9. The van der Waals surface area contributed by atoms with Crippen LogP contribution >= 0.6 is 22.9 Å². The number of amides is 1. The van der Waals surface area contributed by atoms with Gasteiger partial charge in [0.2, 0.25) is 11.9 Å². The van der Waals surface area contributed by atoms with Gasteiger partial charge in [-0.3, -0.25) is 9.20 Å². The number of hydrogen-bond donors (Lipinski definition) is 2. The summed E-state index contributed by atoms with van der Waals surface area (Å²) in [5.74, 6) is 0.435. The number of rotatable bonds is 7. The summed E-state index contributed by atoms with van der Waals surface area (Å²) in [5.41, 5.74) is 4.10. The fourth-order valence-corrected chi connectivity index (χ4v) is 6.80. The number of nitrogens with zero attached hydrogens (tertiary/aromatic N) is 5. The van der Waals surface area contributed by atoms with Crippen molar-refractivity contribution in [2.45, 2.75) is 30.7 Å². The second-order valence-electron chi connectivity index (χ2n) is 9.44. The van der Waals surface area contributed by atoms with Crippen LogP contribution in [0, 0.1) is 0 Å². The van der Waals surface area contributed by atoms with Gasteiger partial charge in [0.25, 0.3) is 0 Å². The predicted molar refractivity (Wildman–Crippen MR) is 164 cm³/mol. The topological polar surface area (TPSA) is 136 Å². The number of halogens is 1. The highest BCUT2D eigenvalue weighted by molar-refractivity contribution is 7.82. The van der Waals surface area contributed by atoms with E-state index in [0.717, 1.165) is 51.0 Å². The summed E-state index contributed by atoms with van der Waals surface area (Å²) in [6, 6.07) is 16.9. The second kappa shape index (κ2) is 12.5. The quantitative estimate of drug-likeness (QED) is 0.269. The van der Waals surface area contributed by atoms with E-state index in [2.05, 4.69) is 15.6 Å². The molecule has 0 radical (unpaired) electrons. The van der Waals surface area contributed by atoms with Gasteiger partial charge in [-0.05, 0) is 55.3 Å². The molecule has 6 rings (SSSR count). The van der Waals surface area contributed by atoms with Gasteiger partial charge in [-0.25, -0.2) is 23.5 Å². The molecule has 1 unspecified atom stereocenters. The van der Waals surface area contributed by atoms with Gasteiger partial charge in [0.1, 0.15) is 16.7 Å². The van der Waals surface area contributed by atoms with Crippen molar-refractivity contribution >= 4 is 56.4 Å². The summed E-state index contributed by atoms with van der Waals surface area (Å²) in [4.78, 5) is 27.3. The molecular weight excluding hydrogens is 582 g/mol. The Hall–Kier alpha value is -3.68. The number of imidazole rings is 1. The summed E-state index contributed by atoms with van der Waals surface area (Å²) < 4.78 is 17.0. The van der Waals surface area contributed by atoms with Crippen molar-refractivity contribution in [2.24, 2.45) is 0 Å². The number of hydrogen-bond acceptors (Lipinski definition) is 7. The van der Waals surface area contributed by atoms with Crippen LogP contribution in [0.5, 0.6) is 0 Å². The summed E-state index contributed by atoms with van der Waals surface area (Å²) >= 11 is 7.53. The van der Waals surface area contributed by atoms with Gasteiger partial charge in [-0.2, -0.15) is 0 Å². The summed E-state index contributed by atoms with van der Waals surface area (Å²) in [7, 11) is -1.21. The van der Waals surface area contributed by atoms with Crippen molar-refractivity contribution in [3.8, 4) is 22.6 Å². The zero-order valence-electron chi connectivity index (χ0n) is 22.1. The summed E-state index contributed by atoms with van der Waals surface area (Å²) in [6.45, 7) is 2.88. The molecular formula is C28H28ClN7O3S2. The molecule has 0 spiro atoms. The molecule has 4 N–H and O–H groups in total. The molecule has 0 saturated carbocycles. The van der Waals surface area contributed by atoms with Crippen molar-refractivity contribution in [1.82, 2.24) is 23.7 Å². The van der Waals surface area contributed by atoms with Gasteiger partial charge < -0.3 is 16.1 Å². The van der Waals surface area contributed by atoms with Crippen LogP contribution in [0.15, 0.2) is 77.3 Å². The molecule has 1 aliphatic heterocycles. The third kappa shape index (κ3) is 6.31. The number of anilines is 2. The van der Waals surface area contributed by atoms with Crippen molar-refractivity contribution in [3.05, 3.63) is 77.4 Å². The number of nitrogens with one attached hydrogen (secondary N) is 2. The highest BCUT2D eigenvalue weighted by atomic mass is 35.5. The van der Waals surface area contributed by atoms with Crippen LogP contribution in [0.4, 0.5) is 11.6 Å². The Kier molecular flexibility index (Phi) is 8.76. The minimum atomic E-state index is -1.21. The SMILES string of the molecule is CC(=O)Nc1ccc(-c2nc3sccn3c2-c2ccnc(NC3CCN(S(=O)c4ccc(Cl)cc4)CC3)n2)cc1.O. The average Bonchev–Trinajstić information content (AvgIpc) is 3.56. The van der Waals surface area contributed by atoms with Gasteiger partial charge in [-0.15, -0.1) is 11.3 Å². The molecule has 3 aromatic heterocycles. The van der Waals surface area contributed by atoms with E-state index in [4.69, 9.17) is 21.6 Å². The van der Waals surface area contributed by atoms with Crippen LogP contribution in [0.3, 0.4) is 0 Å². The maximum atomic E-state index is 13.0. The van der Waals surface area contributed by atoms with E-state index < -0.39 is 11.0 Å². The summed E-state index contributed by atoms with van der Waals surface area (Å²) in [5, 5.41) is 8.92. The van der Waals surface area contributed by atoms with E-state index in [1.54, 1.807) is 29.7 Å². The van der Waals surface area contributed by atoms with Crippen molar-refractivity contribution < 1.29 is 14.5 Å². The molecule has 2 aromatic carbocycles. The maximum absolute atomic E-state index is 13.0. The Morgan fingerprint density at radius 2 is 1.78 bits per heavy atom. The van der Waals surface area contributed by atoms with E-state index in [1.807, 2.05) is 62.7 Å². The lowest BCUT2D eigenvalue weighted by molar-refractivity contribution is -0.114. The molecule has 10 nitrogen and oxygen atoms in total. The van der Waals surface area contributed by atoms with Gasteiger partial charge in [0.05, 0.1) is 16.3 Å². The highest BCUT2D eigenvalue weighted by Crippen LogP contribution is 2.34.